The third-order valence-corrected chi connectivity index (χ3v) is 2.57. The van der Waals surface area contributed by atoms with Gasteiger partial charge in [0, 0.05) is 24.5 Å². The Labute approximate surface area is 127 Å². The highest BCUT2D eigenvalue weighted by atomic mass is 16.6. The van der Waals surface area contributed by atoms with Crippen molar-refractivity contribution in [1.82, 2.24) is 5.32 Å². The highest BCUT2D eigenvalue weighted by Crippen LogP contribution is 2.21. The molecule has 8 heteroatoms. The first-order chi connectivity index (χ1) is 10.1. The lowest BCUT2D eigenvalue weighted by molar-refractivity contribution is -0.384. The summed E-state index contributed by atoms with van der Waals surface area (Å²) in [7, 11) is 0. The van der Waals surface area contributed by atoms with Crippen LogP contribution in [-0.2, 0) is 9.53 Å². The third kappa shape index (κ3) is 5.78. The summed E-state index contributed by atoms with van der Waals surface area (Å²) >= 11 is 0. The number of aliphatic carboxylic acids is 1. The number of benzene rings is 1. The number of rotatable bonds is 5. The number of nitrogens with zero attached hydrogens (tertiary/aromatic N) is 1. The van der Waals surface area contributed by atoms with Crippen LogP contribution in [0.5, 0.6) is 0 Å². The average Bonchev–Trinajstić information content (AvgIpc) is 2.35. The van der Waals surface area contributed by atoms with Gasteiger partial charge < -0.3 is 20.0 Å². The van der Waals surface area contributed by atoms with Crippen LogP contribution in [0.1, 0.15) is 38.8 Å². The highest BCUT2D eigenvalue weighted by molar-refractivity contribution is 5.71. The van der Waals surface area contributed by atoms with Crippen LogP contribution in [-0.4, -0.2) is 22.6 Å². The van der Waals surface area contributed by atoms with E-state index in [0.29, 0.717) is 5.56 Å². The molecule has 0 aliphatic carbocycles. The number of hydrogen-bond donors (Lipinski definition) is 1. The van der Waals surface area contributed by atoms with Crippen molar-refractivity contribution in [2.45, 2.75) is 38.8 Å². The van der Waals surface area contributed by atoms with E-state index < -0.39 is 35.0 Å². The first-order valence-corrected chi connectivity index (χ1v) is 6.52. The van der Waals surface area contributed by atoms with Gasteiger partial charge in [0.15, 0.2) is 0 Å². The molecule has 0 aliphatic rings. The number of amides is 1. The SMILES string of the molecule is CC(C)(C)OC(=O)N[C@H](CC(=O)[O-])c1ccc([N+](=O)[O-])cc1. The summed E-state index contributed by atoms with van der Waals surface area (Å²) in [5, 5.41) is 23.8. The van der Waals surface area contributed by atoms with E-state index in [1.165, 1.54) is 24.3 Å². The summed E-state index contributed by atoms with van der Waals surface area (Å²) in [4.78, 5) is 32.6. The fourth-order valence-corrected chi connectivity index (χ4v) is 1.70. The van der Waals surface area contributed by atoms with Gasteiger partial charge >= 0.3 is 6.09 Å². The van der Waals surface area contributed by atoms with Crippen LogP contribution < -0.4 is 10.4 Å². The number of nitrogens with one attached hydrogen (secondary N) is 1. The number of carbonyl (C=O) groups excluding carboxylic acids is 2. The van der Waals surface area contributed by atoms with Gasteiger partial charge in [0.2, 0.25) is 0 Å². The molecule has 0 spiro atoms. The highest BCUT2D eigenvalue weighted by Gasteiger charge is 2.21. The molecule has 0 fully saturated rings. The van der Waals surface area contributed by atoms with Crippen molar-refractivity contribution >= 4 is 17.7 Å². The quantitative estimate of drug-likeness (QED) is 0.646. The van der Waals surface area contributed by atoms with Crippen LogP contribution in [0.25, 0.3) is 0 Å². The molecule has 0 aromatic heterocycles. The maximum atomic E-state index is 11.7. The minimum atomic E-state index is -1.36. The lowest BCUT2D eigenvalue weighted by Crippen LogP contribution is -2.37. The molecule has 0 unspecified atom stereocenters. The lowest BCUT2D eigenvalue weighted by atomic mass is 10.0. The Kier molecular flexibility index (Phi) is 5.44. The first-order valence-electron chi connectivity index (χ1n) is 6.52. The molecule has 8 nitrogen and oxygen atoms in total. The van der Waals surface area contributed by atoms with Crippen molar-refractivity contribution in [1.29, 1.82) is 0 Å². The molecule has 1 rings (SSSR count). The van der Waals surface area contributed by atoms with E-state index in [9.17, 15) is 24.8 Å². The van der Waals surface area contributed by atoms with E-state index in [0.717, 1.165) is 0 Å². The Balaban J connectivity index is 2.90. The number of carbonyl (C=O) groups is 2. The predicted octanol–water partition coefficient (Wildman–Crippen LogP) is 1.30. The maximum Gasteiger partial charge on any atom is 0.408 e. The van der Waals surface area contributed by atoms with Gasteiger partial charge in [0.25, 0.3) is 5.69 Å². The number of nitro groups is 1. The molecular weight excluding hydrogens is 292 g/mol. The minimum Gasteiger partial charge on any atom is -0.550 e. The molecule has 22 heavy (non-hydrogen) atoms. The van der Waals surface area contributed by atoms with Crippen LogP contribution in [0.2, 0.25) is 0 Å². The Bertz CT molecular complexity index is 562. The average molecular weight is 309 g/mol. The van der Waals surface area contributed by atoms with Gasteiger partial charge in [-0.15, -0.1) is 0 Å². The molecule has 0 radical (unpaired) electrons. The number of non-ortho nitro benzene ring substituents is 1. The number of hydrogen-bond acceptors (Lipinski definition) is 6. The van der Waals surface area contributed by atoms with Crippen molar-refractivity contribution < 1.29 is 24.4 Å². The number of ether oxygens (including phenoxy) is 1. The summed E-state index contributed by atoms with van der Waals surface area (Å²) in [5.74, 6) is -1.36. The van der Waals surface area contributed by atoms with Crippen molar-refractivity contribution in [3.05, 3.63) is 39.9 Å². The molecule has 1 N–H and O–H groups in total. The number of carboxylic acid groups (broad SMARTS) is 1. The molecule has 0 bridgehead atoms. The third-order valence-electron chi connectivity index (χ3n) is 2.57. The van der Waals surface area contributed by atoms with E-state index in [1.807, 2.05) is 0 Å². The van der Waals surface area contributed by atoms with E-state index >= 15 is 0 Å². The van der Waals surface area contributed by atoms with Gasteiger partial charge in [0.1, 0.15) is 5.60 Å². The van der Waals surface area contributed by atoms with Gasteiger partial charge in [-0.25, -0.2) is 4.79 Å². The van der Waals surface area contributed by atoms with Crippen molar-refractivity contribution in [2.75, 3.05) is 0 Å². The standard InChI is InChI=1S/C14H18N2O6/c1-14(2,3)22-13(19)15-11(8-12(17)18)9-4-6-10(7-5-9)16(20)21/h4-7,11H,8H2,1-3H3,(H,15,19)(H,17,18)/p-1/t11-/m1/s1. The van der Waals surface area contributed by atoms with Gasteiger partial charge in [-0.1, -0.05) is 12.1 Å². The van der Waals surface area contributed by atoms with Gasteiger partial charge in [-0.2, -0.15) is 0 Å². The Morgan fingerprint density at radius 3 is 2.23 bits per heavy atom. The van der Waals surface area contributed by atoms with Gasteiger partial charge in [0.05, 0.1) is 11.0 Å². The molecule has 0 saturated carbocycles. The van der Waals surface area contributed by atoms with Crippen LogP contribution in [0.15, 0.2) is 24.3 Å². The normalized spacial score (nSPS) is 12.3. The summed E-state index contributed by atoms with van der Waals surface area (Å²) in [6, 6.07) is 4.32. The molecule has 1 aromatic rings. The topological polar surface area (TPSA) is 122 Å². The molecule has 0 aliphatic heterocycles. The smallest absolute Gasteiger partial charge is 0.408 e. The lowest BCUT2D eigenvalue weighted by Gasteiger charge is -2.24. The Morgan fingerprint density at radius 1 is 1.27 bits per heavy atom. The fourth-order valence-electron chi connectivity index (χ4n) is 1.70. The van der Waals surface area contributed by atoms with Gasteiger partial charge in [-0.3, -0.25) is 10.1 Å². The second kappa shape index (κ2) is 6.88. The second-order valence-corrected chi connectivity index (χ2v) is 5.62. The largest absolute Gasteiger partial charge is 0.550 e. The summed E-state index contributed by atoms with van der Waals surface area (Å²) in [5.41, 5.74) is -0.458. The molecule has 1 amide bonds. The van der Waals surface area contributed by atoms with Crippen molar-refractivity contribution in [2.24, 2.45) is 0 Å². The second-order valence-electron chi connectivity index (χ2n) is 5.62. The summed E-state index contributed by atoms with van der Waals surface area (Å²) in [6.07, 6.45) is -1.26. The Hall–Kier alpha value is -2.64. The zero-order chi connectivity index (χ0) is 16.9. The minimum absolute atomic E-state index is 0.131. The van der Waals surface area contributed by atoms with Gasteiger partial charge in [-0.05, 0) is 26.3 Å². The van der Waals surface area contributed by atoms with Crippen LogP contribution in [0.4, 0.5) is 10.5 Å². The molecular formula is C14H17N2O6-. The predicted molar refractivity (Wildman–Crippen MR) is 74.8 cm³/mol. The zero-order valence-corrected chi connectivity index (χ0v) is 12.5. The zero-order valence-electron chi connectivity index (χ0n) is 12.5. The summed E-state index contributed by atoms with van der Waals surface area (Å²) < 4.78 is 5.06. The fraction of sp³-hybridized carbons (Fsp3) is 0.429. The van der Waals surface area contributed by atoms with Crippen molar-refractivity contribution in [3.63, 3.8) is 0 Å². The first kappa shape index (κ1) is 17.4. The number of alkyl carbamates (subject to hydrolysis) is 1. The maximum absolute atomic E-state index is 11.7. The molecule has 0 saturated heterocycles. The van der Waals surface area contributed by atoms with E-state index in [2.05, 4.69) is 5.32 Å². The van der Waals surface area contributed by atoms with Crippen molar-refractivity contribution in [3.8, 4) is 0 Å². The molecule has 1 aromatic carbocycles. The van der Waals surface area contributed by atoms with E-state index in [4.69, 9.17) is 4.74 Å². The van der Waals surface area contributed by atoms with E-state index in [1.54, 1.807) is 20.8 Å². The van der Waals surface area contributed by atoms with Crippen LogP contribution >= 0.6 is 0 Å². The van der Waals surface area contributed by atoms with Crippen LogP contribution in [0.3, 0.4) is 0 Å². The molecule has 1 atom stereocenters. The Morgan fingerprint density at radius 2 is 1.82 bits per heavy atom. The number of nitro benzene ring substituents is 1. The van der Waals surface area contributed by atoms with Crippen LogP contribution in [0, 0.1) is 10.1 Å². The van der Waals surface area contributed by atoms with E-state index in [-0.39, 0.29) is 5.69 Å². The monoisotopic (exact) mass is 309 g/mol. The number of carboxylic acids is 1. The molecule has 0 heterocycles. The summed E-state index contributed by atoms with van der Waals surface area (Å²) in [6.45, 7) is 5.02. The molecule has 120 valence electrons.